The predicted molar refractivity (Wildman–Crippen MR) is 76.6 cm³/mol. The van der Waals surface area contributed by atoms with Gasteiger partial charge in [-0.05, 0) is 18.6 Å². The summed E-state index contributed by atoms with van der Waals surface area (Å²) in [6.45, 7) is 3.30. The zero-order valence-electron chi connectivity index (χ0n) is 11.8. The van der Waals surface area contributed by atoms with Crippen LogP contribution in [0.15, 0.2) is 24.3 Å². The Labute approximate surface area is 117 Å². The van der Waals surface area contributed by atoms with Gasteiger partial charge in [-0.3, -0.25) is 4.79 Å². The number of fused-ring (bicyclic) bond motifs is 1. The highest BCUT2D eigenvalue weighted by Gasteiger charge is 2.22. The van der Waals surface area contributed by atoms with Crippen molar-refractivity contribution in [1.29, 1.82) is 0 Å². The predicted octanol–water partition coefficient (Wildman–Crippen LogP) is 1.62. The minimum absolute atomic E-state index is 0.270. The Kier molecular flexibility index (Phi) is 3.79. The second-order valence-electron chi connectivity index (χ2n) is 4.94. The fraction of sp³-hybridized carbons (Fsp3) is 0.333. The molecule has 0 saturated heterocycles. The number of carbonyl (C=O) groups is 2. The maximum Gasteiger partial charge on any atom is 0.326 e. The van der Waals surface area contributed by atoms with Crippen LogP contribution >= 0.6 is 0 Å². The Bertz CT molecular complexity index is 634. The van der Waals surface area contributed by atoms with Crippen molar-refractivity contribution in [2.75, 3.05) is 0 Å². The second-order valence-corrected chi connectivity index (χ2v) is 4.94. The summed E-state index contributed by atoms with van der Waals surface area (Å²) in [4.78, 5) is 22.4. The summed E-state index contributed by atoms with van der Waals surface area (Å²) in [6.07, 6.45) is 0.270. The smallest absolute Gasteiger partial charge is 0.326 e. The van der Waals surface area contributed by atoms with E-state index in [4.69, 9.17) is 0 Å². The summed E-state index contributed by atoms with van der Waals surface area (Å²) >= 11 is 0. The number of carbonyl (C=O) groups excluding carboxylic acids is 1. The van der Waals surface area contributed by atoms with Gasteiger partial charge in [0.1, 0.15) is 6.04 Å². The number of carboxylic acids is 1. The SMILES string of the molecule is CC(=O)NC(Cc1c(C)c2ccccc2n1C)C(=O)O. The number of nitrogens with one attached hydrogen (secondary N) is 1. The Hall–Kier alpha value is -2.30. The first kappa shape index (κ1) is 14.1. The van der Waals surface area contributed by atoms with Crippen molar-refractivity contribution in [3.05, 3.63) is 35.5 Å². The van der Waals surface area contributed by atoms with Gasteiger partial charge in [-0.15, -0.1) is 0 Å². The van der Waals surface area contributed by atoms with Crippen LogP contribution in [-0.2, 0) is 23.1 Å². The third-order valence-electron chi connectivity index (χ3n) is 3.58. The maximum atomic E-state index is 11.3. The van der Waals surface area contributed by atoms with Crippen LogP contribution in [0.3, 0.4) is 0 Å². The number of amides is 1. The molecule has 0 aliphatic carbocycles. The lowest BCUT2D eigenvalue weighted by molar-refractivity contribution is -0.141. The maximum absolute atomic E-state index is 11.3. The van der Waals surface area contributed by atoms with Gasteiger partial charge in [0.2, 0.25) is 5.91 Å². The van der Waals surface area contributed by atoms with Gasteiger partial charge >= 0.3 is 5.97 Å². The monoisotopic (exact) mass is 274 g/mol. The van der Waals surface area contributed by atoms with Crippen LogP contribution in [0.25, 0.3) is 10.9 Å². The van der Waals surface area contributed by atoms with Crippen LogP contribution in [0, 0.1) is 6.92 Å². The van der Waals surface area contributed by atoms with Crippen molar-refractivity contribution in [3.8, 4) is 0 Å². The number of aryl methyl sites for hydroxylation is 2. The van der Waals surface area contributed by atoms with Crippen molar-refractivity contribution in [2.45, 2.75) is 26.3 Å². The van der Waals surface area contributed by atoms with E-state index in [9.17, 15) is 14.7 Å². The van der Waals surface area contributed by atoms with E-state index in [0.29, 0.717) is 0 Å². The first-order chi connectivity index (χ1) is 9.41. The molecule has 0 saturated carbocycles. The number of benzene rings is 1. The molecule has 1 amide bonds. The van der Waals surface area contributed by atoms with Gasteiger partial charge in [0.05, 0.1) is 0 Å². The molecule has 1 heterocycles. The second kappa shape index (κ2) is 5.36. The lowest BCUT2D eigenvalue weighted by Crippen LogP contribution is -2.41. The largest absolute Gasteiger partial charge is 0.480 e. The molecule has 1 aromatic heterocycles. The molecule has 5 nitrogen and oxygen atoms in total. The first-order valence-electron chi connectivity index (χ1n) is 6.44. The molecule has 5 heteroatoms. The van der Waals surface area contributed by atoms with E-state index in [1.54, 1.807) is 0 Å². The molecule has 0 bridgehead atoms. The Morgan fingerprint density at radius 2 is 2.00 bits per heavy atom. The summed E-state index contributed by atoms with van der Waals surface area (Å²) in [5.41, 5.74) is 3.04. The molecule has 106 valence electrons. The Morgan fingerprint density at radius 3 is 2.55 bits per heavy atom. The van der Waals surface area contributed by atoms with Crippen LogP contribution in [0.4, 0.5) is 0 Å². The highest BCUT2D eigenvalue weighted by atomic mass is 16.4. The van der Waals surface area contributed by atoms with E-state index in [1.165, 1.54) is 6.92 Å². The zero-order chi connectivity index (χ0) is 14.9. The van der Waals surface area contributed by atoms with Gasteiger partial charge in [0.15, 0.2) is 0 Å². The number of aromatic nitrogens is 1. The number of para-hydroxylation sites is 1. The number of rotatable bonds is 4. The average molecular weight is 274 g/mol. The van der Waals surface area contributed by atoms with Gasteiger partial charge in [0.25, 0.3) is 0 Å². The number of aliphatic carboxylic acids is 1. The molecule has 2 rings (SSSR count). The Morgan fingerprint density at radius 1 is 1.35 bits per heavy atom. The fourth-order valence-corrected chi connectivity index (χ4v) is 2.56. The van der Waals surface area contributed by atoms with E-state index in [0.717, 1.165) is 22.2 Å². The topological polar surface area (TPSA) is 71.3 Å². The normalized spacial score (nSPS) is 12.3. The van der Waals surface area contributed by atoms with Crippen molar-refractivity contribution in [1.82, 2.24) is 9.88 Å². The summed E-state index contributed by atoms with van der Waals surface area (Å²) in [7, 11) is 1.91. The minimum atomic E-state index is -1.02. The van der Waals surface area contributed by atoms with Crippen LogP contribution < -0.4 is 5.32 Å². The quantitative estimate of drug-likeness (QED) is 0.890. The minimum Gasteiger partial charge on any atom is -0.480 e. The molecule has 0 fully saturated rings. The molecule has 20 heavy (non-hydrogen) atoms. The molecule has 1 atom stereocenters. The van der Waals surface area contributed by atoms with Crippen LogP contribution in [0.5, 0.6) is 0 Å². The van der Waals surface area contributed by atoms with Gasteiger partial charge in [-0.2, -0.15) is 0 Å². The summed E-state index contributed by atoms with van der Waals surface area (Å²) in [5, 5.41) is 12.8. The number of nitrogens with zero attached hydrogens (tertiary/aromatic N) is 1. The van der Waals surface area contributed by atoms with Crippen LogP contribution in [-0.4, -0.2) is 27.6 Å². The molecule has 0 aliphatic rings. The zero-order valence-corrected chi connectivity index (χ0v) is 11.8. The Balaban J connectivity index is 2.42. The molecule has 1 aromatic carbocycles. The van der Waals surface area contributed by atoms with Crippen LogP contribution in [0.1, 0.15) is 18.2 Å². The lowest BCUT2D eigenvalue weighted by atomic mass is 10.1. The van der Waals surface area contributed by atoms with Crippen molar-refractivity contribution < 1.29 is 14.7 Å². The molecule has 2 aromatic rings. The molecule has 0 aliphatic heterocycles. The highest BCUT2D eigenvalue weighted by Crippen LogP contribution is 2.25. The van der Waals surface area contributed by atoms with E-state index in [2.05, 4.69) is 5.32 Å². The first-order valence-corrected chi connectivity index (χ1v) is 6.44. The van der Waals surface area contributed by atoms with E-state index < -0.39 is 12.0 Å². The highest BCUT2D eigenvalue weighted by molar-refractivity contribution is 5.86. The standard InChI is InChI=1S/C15H18N2O3/c1-9-11-6-4-5-7-13(11)17(3)14(9)8-12(15(19)20)16-10(2)18/h4-7,12H,8H2,1-3H3,(H,16,18)(H,19,20). The van der Waals surface area contributed by atoms with E-state index in [-0.39, 0.29) is 12.3 Å². The number of carboxylic acid groups (broad SMARTS) is 1. The lowest BCUT2D eigenvalue weighted by Gasteiger charge is -2.14. The van der Waals surface area contributed by atoms with Gasteiger partial charge in [-0.1, -0.05) is 18.2 Å². The third-order valence-corrected chi connectivity index (χ3v) is 3.58. The molecule has 1 unspecified atom stereocenters. The van der Waals surface area contributed by atoms with Crippen molar-refractivity contribution in [3.63, 3.8) is 0 Å². The number of hydrogen-bond donors (Lipinski definition) is 2. The molecule has 0 spiro atoms. The average Bonchev–Trinajstić information content (AvgIpc) is 2.63. The summed E-state index contributed by atoms with van der Waals surface area (Å²) < 4.78 is 1.99. The van der Waals surface area contributed by atoms with Gasteiger partial charge in [0, 0.05) is 37.0 Å². The summed E-state index contributed by atoms with van der Waals surface area (Å²) in [6, 6.07) is 7.02. The molecular weight excluding hydrogens is 256 g/mol. The van der Waals surface area contributed by atoms with Crippen molar-refractivity contribution in [2.24, 2.45) is 7.05 Å². The van der Waals surface area contributed by atoms with E-state index in [1.807, 2.05) is 42.8 Å². The van der Waals surface area contributed by atoms with Gasteiger partial charge in [-0.25, -0.2) is 4.79 Å². The van der Waals surface area contributed by atoms with E-state index >= 15 is 0 Å². The number of hydrogen-bond acceptors (Lipinski definition) is 2. The molecular formula is C15H18N2O3. The molecule has 0 radical (unpaired) electrons. The third kappa shape index (κ3) is 2.52. The van der Waals surface area contributed by atoms with Crippen molar-refractivity contribution >= 4 is 22.8 Å². The molecule has 2 N–H and O–H groups in total. The fourth-order valence-electron chi connectivity index (χ4n) is 2.56. The summed E-state index contributed by atoms with van der Waals surface area (Å²) in [5.74, 6) is -1.36. The van der Waals surface area contributed by atoms with Gasteiger partial charge < -0.3 is 15.0 Å². The van der Waals surface area contributed by atoms with Crippen LogP contribution in [0.2, 0.25) is 0 Å².